The van der Waals surface area contributed by atoms with Crippen LogP contribution in [0.3, 0.4) is 0 Å². The smallest absolute Gasteiger partial charge is 0.238 e. The summed E-state index contributed by atoms with van der Waals surface area (Å²) in [6, 6.07) is 5.74. The first-order chi connectivity index (χ1) is 10.1. The van der Waals surface area contributed by atoms with Crippen molar-refractivity contribution in [3.8, 4) is 0 Å². The van der Waals surface area contributed by atoms with E-state index in [1.54, 1.807) is 11.8 Å². The van der Waals surface area contributed by atoms with Gasteiger partial charge in [0, 0.05) is 24.8 Å². The monoisotopic (exact) mass is 323 g/mol. The van der Waals surface area contributed by atoms with Crippen LogP contribution in [-0.4, -0.2) is 31.4 Å². The van der Waals surface area contributed by atoms with E-state index >= 15 is 0 Å². The lowest BCUT2D eigenvalue weighted by Crippen LogP contribution is -2.29. The number of amides is 2. The quantitative estimate of drug-likeness (QED) is 0.870. The molecule has 22 heavy (non-hydrogen) atoms. The van der Waals surface area contributed by atoms with Gasteiger partial charge in [0.05, 0.1) is 6.54 Å². The number of hydrogen-bond donors (Lipinski definition) is 2. The Bertz CT molecular complexity index is 573. The van der Waals surface area contributed by atoms with Gasteiger partial charge in [-0.2, -0.15) is 0 Å². The molecule has 0 saturated heterocycles. The highest BCUT2D eigenvalue weighted by molar-refractivity contribution is 5.96. The highest BCUT2D eigenvalue weighted by Crippen LogP contribution is 2.30. The van der Waals surface area contributed by atoms with E-state index in [-0.39, 0.29) is 24.2 Å². The summed E-state index contributed by atoms with van der Waals surface area (Å²) in [4.78, 5) is 25.1. The average Bonchev–Trinajstić information content (AvgIpc) is 3.16. The Morgan fingerprint density at radius 2 is 2.09 bits per heavy atom. The molecule has 5 nitrogen and oxygen atoms in total. The zero-order chi connectivity index (χ0) is 14.8. The number of carbonyl (C=O) groups excluding carboxylic acids is 2. The van der Waals surface area contributed by atoms with E-state index in [9.17, 15) is 9.59 Å². The predicted octanol–water partition coefficient (Wildman–Crippen LogP) is 1.96. The molecular formula is C16H22ClN3O2. The first-order valence-corrected chi connectivity index (χ1v) is 7.55. The molecular weight excluding hydrogens is 302 g/mol. The topological polar surface area (TPSA) is 61.4 Å². The molecule has 1 aromatic rings. The molecule has 0 spiro atoms. The van der Waals surface area contributed by atoms with Crippen LogP contribution in [-0.2, 0) is 16.0 Å². The van der Waals surface area contributed by atoms with Crippen LogP contribution in [0.1, 0.15) is 25.3 Å². The third kappa shape index (κ3) is 3.99. The van der Waals surface area contributed by atoms with Crippen LogP contribution >= 0.6 is 12.4 Å². The van der Waals surface area contributed by atoms with E-state index < -0.39 is 0 Å². The standard InChI is InChI=1S/C16H21N3O2.ClH/c1-11(20)19-7-6-13-8-14(4-5-15(13)19)18-16(21)10-17-9-12-2-3-12;/h4-5,8,12,17H,2-3,6-7,9-10H2,1H3,(H,18,21);1H. The minimum absolute atomic E-state index is 0. The minimum Gasteiger partial charge on any atom is -0.325 e. The summed E-state index contributed by atoms with van der Waals surface area (Å²) in [6.45, 7) is 3.60. The van der Waals surface area contributed by atoms with Crippen molar-refractivity contribution in [3.63, 3.8) is 0 Å². The van der Waals surface area contributed by atoms with E-state index in [0.29, 0.717) is 6.54 Å². The maximum Gasteiger partial charge on any atom is 0.238 e. The number of halogens is 1. The Kier molecular flexibility index (Phi) is 5.42. The van der Waals surface area contributed by atoms with Crippen molar-refractivity contribution in [1.82, 2.24) is 5.32 Å². The van der Waals surface area contributed by atoms with Crippen molar-refractivity contribution in [3.05, 3.63) is 23.8 Å². The lowest BCUT2D eigenvalue weighted by molar-refractivity contribution is -0.116. The summed E-state index contributed by atoms with van der Waals surface area (Å²) in [7, 11) is 0. The third-order valence-corrected chi connectivity index (χ3v) is 4.05. The van der Waals surface area contributed by atoms with Crippen molar-refractivity contribution in [2.75, 3.05) is 29.9 Å². The van der Waals surface area contributed by atoms with Crippen LogP contribution in [0.5, 0.6) is 0 Å². The number of hydrogen-bond acceptors (Lipinski definition) is 3. The molecule has 1 aromatic carbocycles. The molecule has 6 heteroatoms. The number of nitrogens with zero attached hydrogens (tertiary/aromatic N) is 1. The van der Waals surface area contributed by atoms with Crippen molar-refractivity contribution in [2.24, 2.45) is 5.92 Å². The SMILES string of the molecule is CC(=O)N1CCc2cc(NC(=O)CNCC3CC3)ccc21.Cl. The van der Waals surface area contributed by atoms with Gasteiger partial charge in [-0.1, -0.05) is 0 Å². The van der Waals surface area contributed by atoms with Crippen molar-refractivity contribution in [1.29, 1.82) is 0 Å². The zero-order valence-electron chi connectivity index (χ0n) is 12.7. The Morgan fingerprint density at radius 3 is 2.77 bits per heavy atom. The highest BCUT2D eigenvalue weighted by atomic mass is 35.5. The number of anilines is 2. The molecule has 1 heterocycles. The molecule has 1 aliphatic heterocycles. The number of nitrogens with one attached hydrogen (secondary N) is 2. The van der Waals surface area contributed by atoms with Gasteiger partial charge in [-0.15, -0.1) is 12.4 Å². The Morgan fingerprint density at radius 1 is 1.32 bits per heavy atom. The largest absolute Gasteiger partial charge is 0.325 e. The van der Waals surface area contributed by atoms with Gasteiger partial charge in [-0.25, -0.2) is 0 Å². The summed E-state index contributed by atoms with van der Waals surface area (Å²) in [5, 5.41) is 6.08. The fourth-order valence-corrected chi connectivity index (χ4v) is 2.72. The molecule has 0 radical (unpaired) electrons. The molecule has 1 fully saturated rings. The van der Waals surface area contributed by atoms with E-state index in [1.807, 2.05) is 18.2 Å². The Labute approximate surface area is 136 Å². The first kappa shape index (κ1) is 16.8. The zero-order valence-corrected chi connectivity index (χ0v) is 13.5. The van der Waals surface area contributed by atoms with Crippen molar-refractivity contribution >= 4 is 35.6 Å². The number of benzene rings is 1. The molecule has 2 aliphatic rings. The van der Waals surface area contributed by atoms with Gasteiger partial charge in [0.2, 0.25) is 11.8 Å². The molecule has 3 rings (SSSR count). The summed E-state index contributed by atoms with van der Waals surface area (Å²) in [5.74, 6) is 0.821. The molecule has 2 amide bonds. The number of rotatable bonds is 5. The fraction of sp³-hybridized carbons (Fsp3) is 0.500. The van der Waals surface area contributed by atoms with Crippen LogP contribution in [0.4, 0.5) is 11.4 Å². The molecule has 0 bridgehead atoms. The summed E-state index contributed by atoms with van der Waals surface area (Å²) >= 11 is 0. The van der Waals surface area contributed by atoms with Gasteiger partial charge < -0.3 is 15.5 Å². The summed E-state index contributed by atoms with van der Waals surface area (Å²) in [5.41, 5.74) is 2.89. The van der Waals surface area contributed by atoms with E-state index in [4.69, 9.17) is 0 Å². The van der Waals surface area contributed by atoms with Gasteiger partial charge in [0.1, 0.15) is 0 Å². The van der Waals surface area contributed by atoms with Crippen LogP contribution in [0, 0.1) is 5.92 Å². The van der Waals surface area contributed by atoms with Gasteiger partial charge in [-0.3, -0.25) is 9.59 Å². The maximum atomic E-state index is 11.8. The molecule has 1 saturated carbocycles. The summed E-state index contributed by atoms with van der Waals surface area (Å²) < 4.78 is 0. The number of fused-ring (bicyclic) bond motifs is 1. The molecule has 0 atom stereocenters. The van der Waals surface area contributed by atoms with Crippen LogP contribution in [0.15, 0.2) is 18.2 Å². The fourth-order valence-electron chi connectivity index (χ4n) is 2.72. The third-order valence-electron chi connectivity index (χ3n) is 4.05. The molecule has 0 aromatic heterocycles. The number of carbonyl (C=O) groups is 2. The van der Waals surface area contributed by atoms with Gasteiger partial charge in [-0.05, 0) is 55.5 Å². The second-order valence-electron chi connectivity index (χ2n) is 5.89. The van der Waals surface area contributed by atoms with E-state index in [0.717, 1.165) is 42.4 Å². The lowest BCUT2D eigenvalue weighted by atomic mass is 10.1. The minimum atomic E-state index is -0.0166. The average molecular weight is 324 g/mol. The van der Waals surface area contributed by atoms with Crippen LogP contribution in [0.2, 0.25) is 0 Å². The van der Waals surface area contributed by atoms with Gasteiger partial charge >= 0.3 is 0 Å². The molecule has 120 valence electrons. The predicted molar refractivity (Wildman–Crippen MR) is 89.6 cm³/mol. The maximum absolute atomic E-state index is 11.8. The lowest BCUT2D eigenvalue weighted by Gasteiger charge is -2.15. The summed E-state index contributed by atoms with van der Waals surface area (Å²) in [6.07, 6.45) is 3.41. The van der Waals surface area contributed by atoms with Crippen molar-refractivity contribution < 1.29 is 9.59 Å². The highest BCUT2D eigenvalue weighted by Gasteiger charge is 2.22. The normalized spacial score (nSPS) is 16.0. The second-order valence-corrected chi connectivity index (χ2v) is 5.89. The van der Waals surface area contributed by atoms with Crippen molar-refractivity contribution in [2.45, 2.75) is 26.2 Å². The Balaban J connectivity index is 0.00000176. The molecule has 1 aliphatic carbocycles. The Hall–Kier alpha value is -1.59. The van der Waals surface area contributed by atoms with Crippen LogP contribution < -0.4 is 15.5 Å². The van der Waals surface area contributed by atoms with Crippen LogP contribution in [0.25, 0.3) is 0 Å². The first-order valence-electron chi connectivity index (χ1n) is 7.55. The molecule has 0 unspecified atom stereocenters. The molecule has 2 N–H and O–H groups in total. The second kappa shape index (κ2) is 7.11. The van der Waals surface area contributed by atoms with Gasteiger partial charge in [0.15, 0.2) is 0 Å². The van der Waals surface area contributed by atoms with E-state index in [2.05, 4.69) is 10.6 Å². The van der Waals surface area contributed by atoms with Gasteiger partial charge in [0.25, 0.3) is 0 Å². The van der Waals surface area contributed by atoms with E-state index in [1.165, 1.54) is 12.8 Å².